The molecule has 0 unspecified atom stereocenters. The predicted molar refractivity (Wildman–Crippen MR) is 295 cm³/mol. The largest absolute Gasteiger partial charge is 0.491 e. The third-order valence-corrected chi connectivity index (χ3v) is 17.9. The van der Waals surface area contributed by atoms with Gasteiger partial charge >= 0.3 is 5.97 Å². The van der Waals surface area contributed by atoms with Gasteiger partial charge in [-0.3, -0.25) is 22.9 Å². The monoisotopic (exact) mass is 1040 g/mol. The van der Waals surface area contributed by atoms with Crippen molar-refractivity contribution in [3.8, 4) is 34.0 Å². The number of fused-ring (bicyclic) bond motifs is 4. The third-order valence-electron chi connectivity index (χ3n) is 12.1. The Morgan fingerprint density at radius 3 is 2.24 bits per heavy atom. The average Bonchev–Trinajstić information content (AvgIpc) is 3.67. The zero-order valence-corrected chi connectivity index (χ0v) is 45.3. The summed E-state index contributed by atoms with van der Waals surface area (Å²) in [7, 11) is -2.60. The van der Waals surface area contributed by atoms with Crippen molar-refractivity contribution in [2.45, 2.75) is 94.6 Å². The van der Waals surface area contributed by atoms with Gasteiger partial charge in [-0.25, -0.2) is 14.8 Å². The van der Waals surface area contributed by atoms with Crippen LogP contribution in [0.5, 0.6) is 11.5 Å². The van der Waals surface area contributed by atoms with Crippen molar-refractivity contribution in [3.63, 3.8) is 0 Å². The van der Waals surface area contributed by atoms with Crippen LogP contribution in [0, 0.1) is 0 Å². The fourth-order valence-corrected chi connectivity index (χ4v) is 11.8. The van der Waals surface area contributed by atoms with Gasteiger partial charge in [-0.2, -0.15) is 0 Å². The van der Waals surface area contributed by atoms with Crippen LogP contribution in [0.4, 0.5) is 0 Å². The highest BCUT2D eigenvalue weighted by Gasteiger charge is 2.24. The van der Waals surface area contributed by atoms with Gasteiger partial charge in [0.15, 0.2) is 6.79 Å². The van der Waals surface area contributed by atoms with Crippen molar-refractivity contribution in [3.05, 3.63) is 145 Å². The van der Waals surface area contributed by atoms with E-state index in [0.717, 1.165) is 41.6 Å². The number of hydrogen-bond acceptors (Lipinski definition) is 12. The second-order valence-corrected chi connectivity index (χ2v) is 33.3. The highest BCUT2D eigenvalue weighted by atomic mass is 32.2. The second kappa shape index (κ2) is 23.2. The lowest BCUT2D eigenvalue weighted by Crippen LogP contribution is -2.27. The molecule has 0 atom stereocenters. The maximum absolute atomic E-state index is 14.2. The molecule has 2 N–H and O–H groups in total. The minimum absolute atomic E-state index is 0.000814. The van der Waals surface area contributed by atoms with E-state index in [1.807, 2.05) is 78.9 Å². The molecule has 1 aliphatic heterocycles. The number of H-pyrrole nitrogens is 1. The molecule has 4 bridgehead atoms. The maximum Gasteiger partial charge on any atom is 0.336 e. The fraction of sp³-hybridized carbons (Fsp3) is 0.333. The fourth-order valence-electron chi connectivity index (χ4n) is 8.03. The number of ether oxygens (including phenoxy) is 4. The molecule has 0 saturated heterocycles. The van der Waals surface area contributed by atoms with E-state index in [-0.39, 0.29) is 41.5 Å². The Balaban J connectivity index is 0.000000217. The number of benzene rings is 5. The molecule has 3 aromatic heterocycles. The highest BCUT2D eigenvalue weighted by Crippen LogP contribution is 2.37. The first-order chi connectivity index (χ1) is 34.6. The summed E-state index contributed by atoms with van der Waals surface area (Å²) in [6.45, 7) is 16.2. The normalized spacial score (nSPS) is 13.0. The summed E-state index contributed by atoms with van der Waals surface area (Å²) in [6, 6.07) is 33.2. The van der Waals surface area contributed by atoms with Gasteiger partial charge in [0.1, 0.15) is 40.7 Å². The molecule has 0 saturated carbocycles. The molecule has 0 amide bonds. The quantitative estimate of drug-likeness (QED) is 0.0406. The summed E-state index contributed by atoms with van der Waals surface area (Å²) in [5.74, 6) is 0.608. The predicted octanol–water partition coefficient (Wildman–Crippen LogP) is 11.6. The minimum atomic E-state index is -1.35. The smallest absolute Gasteiger partial charge is 0.336 e. The van der Waals surface area contributed by atoms with Crippen LogP contribution in [0.1, 0.15) is 35.2 Å². The van der Waals surface area contributed by atoms with Crippen molar-refractivity contribution < 1.29 is 28.8 Å². The average molecular weight is 1040 g/mol. The van der Waals surface area contributed by atoms with E-state index in [2.05, 4.69) is 49.3 Å². The van der Waals surface area contributed by atoms with E-state index >= 15 is 0 Å². The number of hydrogen-bond donors (Lipinski definition) is 2. The van der Waals surface area contributed by atoms with Crippen molar-refractivity contribution in [1.29, 1.82) is 0 Å². The lowest BCUT2D eigenvalue weighted by Gasteiger charge is -2.19. The van der Waals surface area contributed by atoms with Crippen LogP contribution >= 0.6 is 23.3 Å². The topological polar surface area (TPSA) is 177 Å². The van der Waals surface area contributed by atoms with Gasteiger partial charge < -0.3 is 29.0 Å². The molecule has 1 aliphatic rings. The number of nitrogens with one attached hydrogen (secondary N) is 1. The van der Waals surface area contributed by atoms with Crippen LogP contribution in [0.3, 0.4) is 0 Å². The molecule has 0 spiro atoms. The molecule has 14 nitrogen and oxygen atoms in total. The minimum Gasteiger partial charge on any atom is -0.491 e. The van der Waals surface area contributed by atoms with E-state index < -0.39 is 22.1 Å². The first-order valence-corrected chi connectivity index (χ1v) is 33.4. The number of aromatic nitrogens is 5. The summed E-state index contributed by atoms with van der Waals surface area (Å²) in [6.07, 6.45) is 2.80. The van der Waals surface area contributed by atoms with Gasteiger partial charge in [-0.15, -0.1) is 11.8 Å². The number of nitrogens with zero attached hydrogens (tertiary/aromatic N) is 4. The molecule has 9 rings (SSSR count). The molecule has 5 aromatic carbocycles. The van der Waals surface area contributed by atoms with E-state index in [1.54, 1.807) is 32.8 Å². The van der Waals surface area contributed by atoms with Crippen LogP contribution in [0.15, 0.2) is 122 Å². The molecule has 0 radical (unpaired) electrons. The number of aromatic carboxylic acids is 1. The highest BCUT2D eigenvalue weighted by molar-refractivity contribution is 7.98. The standard InChI is InChI=1S/C34H44N2O6SSi2.C20H17N3O3S/c1-44(2,3)20-18-40-23-36-28-16-11-17-29(42-24-41-19-21-45(4,5)6)31(28)35-30(33(36)37)26-14-10-15-27(34(38)39)32(26)43-22-25-12-8-7-9-13-25;24-19-16-12-6-4-7-13-18(12)27-23(20(13)25)10-2-1-3-11-26-15-9-5-8-14(21-19)17(15)22-16/h7-17H,18-24H2,1-6H3,(H,38,39);4-9H,1-3,10-11H2,(H,21,24). The van der Waals surface area contributed by atoms with Crippen LogP contribution in [0.25, 0.3) is 54.7 Å². The van der Waals surface area contributed by atoms with E-state index in [9.17, 15) is 24.3 Å². The lowest BCUT2D eigenvalue weighted by atomic mass is 10.1. The Labute approximate surface area is 428 Å². The number of thioether (sulfide) groups is 1. The van der Waals surface area contributed by atoms with Crippen LogP contribution in [-0.4, -0.2) is 77.3 Å². The first kappa shape index (κ1) is 52.2. The van der Waals surface area contributed by atoms with Gasteiger partial charge in [0, 0.05) is 57.7 Å². The van der Waals surface area contributed by atoms with Crippen molar-refractivity contribution in [1.82, 2.24) is 23.5 Å². The molecule has 18 heteroatoms. The number of aryl methyl sites for hydroxylation is 1. The number of carboxylic acid groups (broad SMARTS) is 1. The Hall–Kier alpha value is -6.16. The molecular formula is C54H61N5O9S2Si2. The van der Waals surface area contributed by atoms with E-state index in [1.165, 1.54) is 23.3 Å². The number of carboxylic acids is 1. The number of rotatable bonds is 16. The van der Waals surface area contributed by atoms with Crippen molar-refractivity contribution in [2.24, 2.45) is 0 Å². The molecule has 0 fully saturated rings. The Kier molecular flexibility index (Phi) is 16.8. The van der Waals surface area contributed by atoms with Gasteiger partial charge in [0.25, 0.3) is 16.7 Å². The summed E-state index contributed by atoms with van der Waals surface area (Å²) >= 11 is 2.79. The molecule has 8 aromatic rings. The maximum atomic E-state index is 14.2. The zero-order valence-electron chi connectivity index (χ0n) is 41.6. The van der Waals surface area contributed by atoms with Crippen LogP contribution in [0.2, 0.25) is 51.4 Å². The van der Waals surface area contributed by atoms with Gasteiger partial charge in [-0.1, -0.05) is 118 Å². The number of para-hydroxylation sites is 2. The van der Waals surface area contributed by atoms with Gasteiger partial charge in [-0.05, 0) is 73.3 Å². The molecule has 376 valence electrons. The molecule has 4 heterocycles. The van der Waals surface area contributed by atoms with Crippen LogP contribution < -0.4 is 26.2 Å². The Bertz CT molecular complexity index is 3400. The summed E-state index contributed by atoms with van der Waals surface area (Å²) in [4.78, 5) is 64.9. The van der Waals surface area contributed by atoms with E-state index in [0.29, 0.717) is 92.8 Å². The SMILES string of the molecule is C[Si](C)(C)CCOCOc1cccc2c1nc(-c1cccc(C(=O)O)c1SCc1ccccc1)c(=O)n2COCC[Si](C)(C)C.O=c1[nH]c2cccc3c2nc1-c1cccc2c(=O)n(sc12)CCCCCO3. The van der Waals surface area contributed by atoms with E-state index in [4.69, 9.17) is 23.9 Å². The summed E-state index contributed by atoms with van der Waals surface area (Å²) in [5.41, 5.74) is 4.46. The molecular weight excluding hydrogens is 983 g/mol. The molecule has 0 aliphatic carbocycles. The Morgan fingerprint density at radius 2 is 1.47 bits per heavy atom. The number of carbonyl (C=O) groups is 1. The number of aromatic amines is 1. The Morgan fingerprint density at radius 1 is 0.764 bits per heavy atom. The zero-order chi connectivity index (χ0) is 51.0. The molecule has 72 heavy (non-hydrogen) atoms. The summed E-state index contributed by atoms with van der Waals surface area (Å²) in [5, 5.41) is 10.7. The third kappa shape index (κ3) is 12.7. The lowest BCUT2D eigenvalue weighted by molar-refractivity contribution is 0.0228. The first-order valence-electron chi connectivity index (χ1n) is 24.2. The van der Waals surface area contributed by atoms with Gasteiger partial charge in [0.2, 0.25) is 0 Å². The summed E-state index contributed by atoms with van der Waals surface area (Å²) < 4.78 is 28.0. The van der Waals surface area contributed by atoms with Crippen LogP contribution in [-0.2, 0) is 28.5 Å². The second-order valence-electron chi connectivity index (χ2n) is 20.1. The van der Waals surface area contributed by atoms with Crippen molar-refractivity contribution >= 4 is 77.6 Å². The van der Waals surface area contributed by atoms with Crippen molar-refractivity contribution in [2.75, 3.05) is 26.6 Å². The van der Waals surface area contributed by atoms with Gasteiger partial charge in [0.05, 0.1) is 33.3 Å².